The summed E-state index contributed by atoms with van der Waals surface area (Å²) < 4.78 is 10.9. The molecule has 3 rings (SSSR count). The summed E-state index contributed by atoms with van der Waals surface area (Å²) in [5, 5.41) is 3.04. The monoisotopic (exact) mass is 397 g/mol. The number of rotatable bonds is 9. The van der Waals surface area contributed by atoms with Crippen LogP contribution in [0.5, 0.6) is 11.5 Å². The lowest BCUT2D eigenvalue weighted by Crippen LogP contribution is -2.54. The number of nitrogens with zero attached hydrogens (tertiary/aromatic N) is 2. The first-order chi connectivity index (χ1) is 14.2. The van der Waals surface area contributed by atoms with Gasteiger partial charge < -0.3 is 14.8 Å². The largest absolute Gasteiger partial charge is 0.497 e. The quantitative estimate of drug-likeness (QED) is 0.704. The summed E-state index contributed by atoms with van der Waals surface area (Å²) in [5.74, 6) is 1.80. The van der Waals surface area contributed by atoms with Gasteiger partial charge in [0.25, 0.3) is 0 Å². The first-order valence-corrected chi connectivity index (χ1v) is 10.2. The Morgan fingerprint density at radius 3 is 2.34 bits per heavy atom. The molecule has 2 aromatic carbocycles. The summed E-state index contributed by atoms with van der Waals surface area (Å²) in [6.07, 6.45) is 0. The molecule has 1 atom stereocenters. The molecule has 29 heavy (non-hydrogen) atoms. The standard InChI is InChI=1S/C23H31N3O3/c1-19(23(27)24-18-20-8-10-21(28-2)11-9-20)26-14-12-25(13-15-26)16-17-29-22-6-4-3-5-7-22/h3-11,19H,12-18H2,1-2H3,(H,24,27). The Morgan fingerprint density at radius 1 is 1.00 bits per heavy atom. The molecule has 156 valence electrons. The number of hydrogen-bond donors (Lipinski definition) is 1. The molecule has 1 N–H and O–H groups in total. The van der Waals surface area contributed by atoms with Crippen molar-refractivity contribution in [3.8, 4) is 11.5 Å². The fraction of sp³-hybridized carbons (Fsp3) is 0.435. The van der Waals surface area contributed by atoms with E-state index < -0.39 is 0 Å². The Bertz CT molecular complexity index is 744. The molecule has 2 aromatic rings. The highest BCUT2D eigenvalue weighted by molar-refractivity contribution is 5.81. The van der Waals surface area contributed by atoms with Crippen molar-refractivity contribution in [2.45, 2.75) is 19.5 Å². The molecule has 0 bridgehead atoms. The minimum atomic E-state index is -0.129. The molecule has 1 saturated heterocycles. The van der Waals surface area contributed by atoms with Crippen molar-refractivity contribution in [2.75, 3.05) is 46.4 Å². The highest BCUT2D eigenvalue weighted by atomic mass is 16.5. The molecule has 1 heterocycles. The molecule has 0 radical (unpaired) electrons. The van der Waals surface area contributed by atoms with E-state index in [0.29, 0.717) is 13.2 Å². The second-order valence-electron chi connectivity index (χ2n) is 7.28. The van der Waals surface area contributed by atoms with Crippen LogP contribution >= 0.6 is 0 Å². The summed E-state index contributed by atoms with van der Waals surface area (Å²) in [5.41, 5.74) is 1.06. The normalized spacial score (nSPS) is 16.2. The fourth-order valence-electron chi connectivity index (χ4n) is 3.43. The number of hydrogen-bond acceptors (Lipinski definition) is 5. The van der Waals surface area contributed by atoms with Crippen LogP contribution in [-0.2, 0) is 11.3 Å². The number of methoxy groups -OCH3 is 1. The molecule has 1 aliphatic heterocycles. The van der Waals surface area contributed by atoms with Crippen molar-refractivity contribution >= 4 is 5.91 Å². The van der Waals surface area contributed by atoms with Gasteiger partial charge in [-0.1, -0.05) is 30.3 Å². The van der Waals surface area contributed by atoms with Gasteiger partial charge in [-0.2, -0.15) is 0 Å². The number of nitrogens with one attached hydrogen (secondary N) is 1. The molecule has 1 fully saturated rings. The number of benzene rings is 2. The molecule has 0 spiro atoms. The van der Waals surface area contributed by atoms with Gasteiger partial charge in [0.2, 0.25) is 5.91 Å². The lowest BCUT2D eigenvalue weighted by atomic mass is 10.2. The predicted octanol–water partition coefficient (Wildman–Crippen LogP) is 2.40. The SMILES string of the molecule is COc1ccc(CNC(=O)C(C)N2CCN(CCOc3ccccc3)CC2)cc1. The van der Waals surface area contributed by atoms with E-state index in [1.807, 2.05) is 61.5 Å². The van der Waals surface area contributed by atoms with E-state index in [4.69, 9.17) is 9.47 Å². The van der Waals surface area contributed by atoms with E-state index in [-0.39, 0.29) is 11.9 Å². The van der Waals surface area contributed by atoms with Crippen LogP contribution in [0.1, 0.15) is 12.5 Å². The first kappa shape index (κ1) is 21.1. The second kappa shape index (κ2) is 10.8. The van der Waals surface area contributed by atoms with Gasteiger partial charge in [0, 0.05) is 39.3 Å². The maximum atomic E-state index is 12.5. The lowest BCUT2D eigenvalue weighted by molar-refractivity contribution is -0.126. The smallest absolute Gasteiger partial charge is 0.237 e. The second-order valence-corrected chi connectivity index (χ2v) is 7.28. The molecule has 6 nitrogen and oxygen atoms in total. The zero-order valence-electron chi connectivity index (χ0n) is 17.3. The summed E-state index contributed by atoms with van der Waals surface area (Å²) in [6, 6.07) is 17.5. The van der Waals surface area contributed by atoms with Crippen molar-refractivity contribution in [1.82, 2.24) is 15.1 Å². The zero-order chi connectivity index (χ0) is 20.5. The summed E-state index contributed by atoms with van der Waals surface area (Å²) >= 11 is 0. The summed E-state index contributed by atoms with van der Waals surface area (Å²) in [4.78, 5) is 17.2. The van der Waals surface area contributed by atoms with E-state index in [1.165, 1.54) is 0 Å². The fourth-order valence-corrected chi connectivity index (χ4v) is 3.43. The van der Waals surface area contributed by atoms with Crippen LogP contribution in [0.2, 0.25) is 0 Å². The van der Waals surface area contributed by atoms with Gasteiger partial charge in [-0.3, -0.25) is 14.6 Å². The minimum absolute atomic E-state index is 0.0710. The molecule has 0 saturated carbocycles. The maximum Gasteiger partial charge on any atom is 0.237 e. The average molecular weight is 398 g/mol. The number of amides is 1. The number of carbonyl (C=O) groups excluding carboxylic acids is 1. The Balaban J connectivity index is 1.35. The minimum Gasteiger partial charge on any atom is -0.497 e. The van der Waals surface area contributed by atoms with Crippen molar-refractivity contribution in [1.29, 1.82) is 0 Å². The van der Waals surface area contributed by atoms with Crippen LogP contribution in [0.15, 0.2) is 54.6 Å². The summed E-state index contributed by atoms with van der Waals surface area (Å²) in [6.45, 7) is 7.79. The van der Waals surface area contributed by atoms with Crippen LogP contribution in [0, 0.1) is 0 Å². The maximum absolute atomic E-state index is 12.5. The van der Waals surface area contributed by atoms with Crippen LogP contribution in [0.3, 0.4) is 0 Å². The van der Waals surface area contributed by atoms with Gasteiger partial charge in [0.1, 0.15) is 18.1 Å². The van der Waals surface area contributed by atoms with Gasteiger partial charge >= 0.3 is 0 Å². The third-order valence-electron chi connectivity index (χ3n) is 5.38. The van der Waals surface area contributed by atoms with Crippen LogP contribution in [-0.4, -0.2) is 68.2 Å². The Kier molecular flexibility index (Phi) is 7.90. The van der Waals surface area contributed by atoms with Crippen molar-refractivity contribution in [3.05, 3.63) is 60.2 Å². The Labute approximate surface area is 173 Å². The van der Waals surface area contributed by atoms with Crippen molar-refractivity contribution in [3.63, 3.8) is 0 Å². The molecule has 1 unspecified atom stereocenters. The van der Waals surface area contributed by atoms with E-state index in [0.717, 1.165) is 49.8 Å². The van der Waals surface area contributed by atoms with E-state index in [2.05, 4.69) is 15.1 Å². The molecule has 1 amide bonds. The number of carbonyl (C=O) groups is 1. The topological polar surface area (TPSA) is 54.0 Å². The van der Waals surface area contributed by atoms with E-state index in [1.54, 1.807) is 7.11 Å². The van der Waals surface area contributed by atoms with E-state index in [9.17, 15) is 4.79 Å². The number of piperazine rings is 1. The summed E-state index contributed by atoms with van der Waals surface area (Å²) in [7, 11) is 1.65. The highest BCUT2D eigenvalue weighted by Crippen LogP contribution is 2.12. The van der Waals surface area contributed by atoms with E-state index >= 15 is 0 Å². The lowest BCUT2D eigenvalue weighted by Gasteiger charge is -2.37. The average Bonchev–Trinajstić information content (AvgIpc) is 2.78. The molecule has 1 aliphatic rings. The van der Waals surface area contributed by atoms with Crippen molar-refractivity contribution in [2.24, 2.45) is 0 Å². The first-order valence-electron chi connectivity index (χ1n) is 10.2. The zero-order valence-corrected chi connectivity index (χ0v) is 17.3. The van der Waals surface area contributed by atoms with Crippen LogP contribution < -0.4 is 14.8 Å². The van der Waals surface area contributed by atoms with Crippen LogP contribution in [0.25, 0.3) is 0 Å². The molecular formula is C23H31N3O3. The number of para-hydroxylation sites is 1. The van der Waals surface area contributed by atoms with Crippen molar-refractivity contribution < 1.29 is 14.3 Å². The third kappa shape index (κ3) is 6.48. The van der Waals surface area contributed by atoms with Gasteiger partial charge in [-0.05, 0) is 36.8 Å². The molecule has 0 aromatic heterocycles. The van der Waals surface area contributed by atoms with Gasteiger partial charge in [0.05, 0.1) is 13.2 Å². The van der Waals surface area contributed by atoms with Crippen LogP contribution in [0.4, 0.5) is 0 Å². The third-order valence-corrected chi connectivity index (χ3v) is 5.38. The van der Waals surface area contributed by atoms with Gasteiger partial charge in [-0.25, -0.2) is 0 Å². The van der Waals surface area contributed by atoms with Gasteiger partial charge in [0.15, 0.2) is 0 Å². The predicted molar refractivity (Wildman–Crippen MR) is 114 cm³/mol. The molecule has 0 aliphatic carbocycles. The Morgan fingerprint density at radius 2 is 1.69 bits per heavy atom. The number of ether oxygens (including phenoxy) is 2. The van der Waals surface area contributed by atoms with Gasteiger partial charge in [-0.15, -0.1) is 0 Å². The highest BCUT2D eigenvalue weighted by Gasteiger charge is 2.25. The Hall–Kier alpha value is -2.57. The molecule has 6 heteroatoms. The molecular weight excluding hydrogens is 366 g/mol.